The van der Waals surface area contributed by atoms with Crippen molar-refractivity contribution >= 4 is 16.8 Å². The van der Waals surface area contributed by atoms with E-state index in [0.29, 0.717) is 6.42 Å². The largest absolute Gasteiger partial charge is 0.444 e. The van der Waals surface area contributed by atoms with Crippen molar-refractivity contribution in [3.05, 3.63) is 0 Å². The fourth-order valence-corrected chi connectivity index (χ4v) is 0.713. The van der Waals surface area contributed by atoms with E-state index >= 15 is 0 Å². The number of halogens is 4. The Balaban J connectivity index is 3.70. The van der Waals surface area contributed by atoms with Crippen LogP contribution in [0, 0.1) is 0 Å². The zero-order valence-corrected chi connectivity index (χ0v) is 7.54. The fourth-order valence-electron chi connectivity index (χ4n) is 0.629. The first kappa shape index (κ1) is 11.8. The lowest BCUT2D eigenvalue weighted by atomic mass is 10.2. The first-order valence-corrected chi connectivity index (χ1v) is 4.13. The Kier molecular flexibility index (Phi) is 5.29. The molecule has 72 valence electrons. The summed E-state index contributed by atoms with van der Waals surface area (Å²) in [5.41, 5.74) is 0. The van der Waals surface area contributed by atoms with E-state index in [2.05, 4.69) is 4.99 Å². The molecule has 0 rings (SSSR count). The van der Waals surface area contributed by atoms with E-state index in [1.807, 2.05) is 6.92 Å². The summed E-state index contributed by atoms with van der Waals surface area (Å²) in [4.78, 5) is 3.19. The van der Waals surface area contributed by atoms with Crippen molar-refractivity contribution in [2.45, 2.75) is 32.4 Å². The maximum atomic E-state index is 11.7. The van der Waals surface area contributed by atoms with Gasteiger partial charge in [0.1, 0.15) is 0 Å². The lowest BCUT2D eigenvalue weighted by Crippen LogP contribution is -2.17. The minimum Gasteiger partial charge on any atom is -0.269 e. The third-order valence-corrected chi connectivity index (χ3v) is 1.58. The van der Waals surface area contributed by atoms with Gasteiger partial charge in [0.2, 0.25) is 5.17 Å². The molecule has 12 heavy (non-hydrogen) atoms. The zero-order chi connectivity index (χ0) is 9.61. The second-order valence-corrected chi connectivity index (χ2v) is 2.74. The number of nitrogens with zero attached hydrogens (tertiary/aromatic N) is 1. The molecule has 1 nitrogen and oxygen atoms in total. The van der Waals surface area contributed by atoms with Crippen molar-refractivity contribution in [3.63, 3.8) is 0 Å². The zero-order valence-electron chi connectivity index (χ0n) is 6.79. The van der Waals surface area contributed by atoms with Crippen LogP contribution in [0.3, 0.4) is 0 Å². The molecule has 0 aliphatic heterocycles. The fraction of sp³-hybridized carbons (Fsp3) is 0.857. The normalized spacial score (nSPS) is 13.6. The molecule has 0 unspecified atom stereocenters. The van der Waals surface area contributed by atoms with E-state index in [4.69, 9.17) is 11.6 Å². The molecule has 0 heterocycles. The van der Waals surface area contributed by atoms with Gasteiger partial charge in [0.05, 0.1) is 0 Å². The van der Waals surface area contributed by atoms with E-state index in [1.165, 1.54) is 0 Å². The summed E-state index contributed by atoms with van der Waals surface area (Å²) in [7, 11) is 0. The molecule has 0 aromatic rings. The second-order valence-electron chi connectivity index (χ2n) is 2.38. The smallest absolute Gasteiger partial charge is 0.269 e. The first-order chi connectivity index (χ1) is 5.48. The van der Waals surface area contributed by atoms with Crippen LogP contribution in [0.4, 0.5) is 13.2 Å². The van der Waals surface area contributed by atoms with Crippen LogP contribution in [-0.4, -0.2) is 17.9 Å². The standard InChI is InChI=1S/C7H11ClF3N/c1-2-3-4-5-12-6(8)7(9,10)11/h2-5H2,1H3/b12-6+. The maximum absolute atomic E-state index is 11.7. The highest BCUT2D eigenvalue weighted by Gasteiger charge is 2.33. The lowest BCUT2D eigenvalue weighted by molar-refractivity contribution is -0.0560. The van der Waals surface area contributed by atoms with Gasteiger partial charge in [0, 0.05) is 6.54 Å². The molecule has 0 atom stereocenters. The summed E-state index contributed by atoms with van der Waals surface area (Å²) >= 11 is 4.86. The Morgan fingerprint density at radius 1 is 1.33 bits per heavy atom. The number of alkyl halides is 3. The summed E-state index contributed by atoms with van der Waals surface area (Å²) in [6.07, 6.45) is -1.98. The van der Waals surface area contributed by atoms with Crippen LogP contribution in [0.2, 0.25) is 0 Å². The molecular formula is C7H11ClF3N. The average Bonchev–Trinajstić information content (AvgIpc) is 1.96. The van der Waals surface area contributed by atoms with Crippen molar-refractivity contribution in [2.75, 3.05) is 6.54 Å². The molecule has 0 N–H and O–H groups in total. The van der Waals surface area contributed by atoms with Crippen LogP contribution in [0.5, 0.6) is 0 Å². The van der Waals surface area contributed by atoms with Crippen molar-refractivity contribution in [3.8, 4) is 0 Å². The Morgan fingerprint density at radius 3 is 2.33 bits per heavy atom. The molecule has 0 aliphatic carbocycles. The van der Waals surface area contributed by atoms with Gasteiger partial charge in [0.15, 0.2) is 0 Å². The number of unbranched alkanes of at least 4 members (excludes halogenated alkanes) is 2. The van der Waals surface area contributed by atoms with Gasteiger partial charge >= 0.3 is 6.18 Å². The van der Waals surface area contributed by atoms with E-state index in [-0.39, 0.29) is 6.54 Å². The third kappa shape index (κ3) is 5.41. The molecule has 0 aromatic carbocycles. The van der Waals surface area contributed by atoms with Crippen LogP contribution in [0.25, 0.3) is 0 Å². The molecule has 0 amide bonds. The maximum Gasteiger partial charge on any atom is 0.444 e. The third-order valence-electron chi connectivity index (χ3n) is 1.25. The predicted molar refractivity (Wildman–Crippen MR) is 43.7 cm³/mol. The van der Waals surface area contributed by atoms with Crippen LogP contribution in [0.1, 0.15) is 26.2 Å². The quantitative estimate of drug-likeness (QED) is 0.489. The van der Waals surface area contributed by atoms with Gasteiger partial charge in [-0.05, 0) is 6.42 Å². The van der Waals surface area contributed by atoms with E-state index in [0.717, 1.165) is 12.8 Å². The minimum absolute atomic E-state index is 0.159. The van der Waals surface area contributed by atoms with Crippen molar-refractivity contribution in [2.24, 2.45) is 4.99 Å². The lowest BCUT2D eigenvalue weighted by Gasteiger charge is -2.02. The van der Waals surface area contributed by atoms with Gasteiger partial charge in [-0.15, -0.1) is 0 Å². The number of hydrogen-bond acceptors (Lipinski definition) is 1. The number of hydrogen-bond donors (Lipinski definition) is 0. The summed E-state index contributed by atoms with van der Waals surface area (Å²) in [6, 6.07) is 0. The molecule has 0 aliphatic rings. The van der Waals surface area contributed by atoms with Gasteiger partial charge in [-0.2, -0.15) is 13.2 Å². The summed E-state index contributed by atoms with van der Waals surface area (Å²) < 4.78 is 35.1. The van der Waals surface area contributed by atoms with Crippen molar-refractivity contribution in [1.82, 2.24) is 0 Å². The van der Waals surface area contributed by atoms with Gasteiger partial charge < -0.3 is 0 Å². The molecule has 0 saturated carbocycles. The Morgan fingerprint density at radius 2 is 1.92 bits per heavy atom. The predicted octanol–water partition coefficient (Wildman–Crippen LogP) is 3.38. The highest BCUT2D eigenvalue weighted by atomic mass is 35.5. The Labute approximate surface area is 74.6 Å². The SMILES string of the molecule is CCCCC/N=C(/Cl)C(F)(F)F. The van der Waals surface area contributed by atoms with Crippen LogP contribution >= 0.6 is 11.6 Å². The monoisotopic (exact) mass is 201 g/mol. The number of rotatable bonds is 4. The van der Waals surface area contributed by atoms with Gasteiger partial charge in [0.25, 0.3) is 0 Å². The highest BCUT2D eigenvalue weighted by molar-refractivity contribution is 6.66. The van der Waals surface area contributed by atoms with Crippen LogP contribution < -0.4 is 0 Å². The second kappa shape index (κ2) is 5.41. The summed E-state index contributed by atoms with van der Waals surface area (Å²) in [5, 5.41) is -1.25. The summed E-state index contributed by atoms with van der Waals surface area (Å²) in [5.74, 6) is 0. The van der Waals surface area contributed by atoms with E-state index in [1.54, 1.807) is 0 Å². The molecule has 5 heteroatoms. The average molecular weight is 202 g/mol. The summed E-state index contributed by atoms with van der Waals surface area (Å²) in [6.45, 7) is 2.13. The Bertz CT molecular complexity index is 153. The van der Waals surface area contributed by atoms with Gasteiger partial charge in [-0.25, -0.2) is 0 Å². The molecule has 0 aromatic heterocycles. The van der Waals surface area contributed by atoms with E-state index < -0.39 is 11.3 Å². The van der Waals surface area contributed by atoms with E-state index in [9.17, 15) is 13.2 Å². The molecule has 0 saturated heterocycles. The molecule has 0 bridgehead atoms. The van der Waals surface area contributed by atoms with Gasteiger partial charge in [-0.1, -0.05) is 31.4 Å². The minimum atomic E-state index is -4.48. The van der Waals surface area contributed by atoms with Crippen molar-refractivity contribution < 1.29 is 13.2 Å². The Hall–Kier alpha value is -0.250. The first-order valence-electron chi connectivity index (χ1n) is 3.75. The molecular weight excluding hydrogens is 191 g/mol. The number of aliphatic imine (C=N–C) groups is 1. The van der Waals surface area contributed by atoms with Crippen LogP contribution in [0.15, 0.2) is 4.99 Å². The van der Waals surface area contributed by atoms with Gasteiger partial charge in [-0.3, -0.25) is 4.99 Å². The molecule has 0 spiro atoms. The molecule has 0 radical (unpaired) electrons. The van der Waals surface area contributed by atoms with Crippen LogP contribution in [-0.2, 0) is 0 Å². The topological polar surface area (TPSA) is 12.4 Å². The molecule has 0 fully saturated rings. The highest BCUT2D eigenvalue weighted by Crippen LogP contribution is 2.19. The van der Waals surface area contributed by atoms with Crippen molar-refractivity contribution in [1.29, 1.82) is 0 Å².